The Morgan fingerprint density at radius 1 is 0.655 bits per heavy atom. The molecule has 3 fully saturated rings. The molecule has 0 saturated carbocycles. The number of rotatable bonds is 4. The Kier molecular flexibility index (Phi) is 12.5. The first kappa shape index (κ1) is 41.2. The summed E-state index contributed by atoms with van der Waals surface area (Å²) in [6.45, 7) is 14.7. The van der Waals surface area contributed by atoms with E-state index in [9.17, 15) is 9.59 Å². The summed E-state index contributed by atoms with van der Waals surface area (Å²) in [6.07, 6.45) is 20.0. The molecule has 16 heteroatoms. The van der Waals surface area contributed by atoms with Gasteiger partial charge in [-0.15, -0.1) is 0 Å². The van der Waals surface area contributed by atoms with Crippen LogP contribution in [0, 0.1) is 0 Å². The second-order valence-electron chi connectivity index (χ2n) is 16.1. The van der Waals surface area contributed by atoms with Crippen LogP contribution >= 0.6 is 11.6 Å². The Bertz CT molecular complexity index is 2190. The molecular weight excluding hydrogens is 755 g/mol. The molecule has 0 N–H and O–H groups in total. The Labute approximate surface area is 345 Å². The maximum Gasteiger partial charge on any atom is 0.496 e. The summed E-state index contributed by atoms with van der Waals surface area (Å²) in [4.78, 5) is 58.2. The molecule has 2 amide bonds. The summed E-state index contributed by atoms with van der Waals surface area (Å²) >= 11 is 5.70. The van der Waals surface area contributed by atoms with Crippen molar-refractivity contribution in [2.24, 2.45) is 0 Å². The molecule has 0 aromatic carbocycles. The third-order valence-electron chi connectivity index (χ3n) is 11.3. The predicted molar refractivity (Wildman–Crippen MR) is 225 cm³/mol. The Morgan fingerprint density at radius 2 is 1.16 bits per heavy atom. The third-order valence-corrected chi connectivity index (χ3v) is 11.5. The first-order valence-electron chi connectivity index (χ1n) is 19.7. The lowest BCUT2D eigenvalue weighted by Crippen LogP contribution is -2.47. The van der Waals surface area contributed by atoms with Crippen molar-refractivity contribution < 1.29 is 18.9 Å². The van der Waals surface area contributed by atoms with Crippen LogP contribution < -0.4 is 5.46 Å². The number of carbonyl (C=O) groups is 2. The molecule has 7 heterocycles. The van der Waals surface area contributed by atoms with Crippen LogP contribution in [0.2, 0.25) is 5.15 Å². The molecule has 5 aliphatic rings. The van der Waals surface area contributed by atoms with E-state index in [0.717, 1.165) is 93.2 Å². The fourth-order valence-electron chi connectivity index (χ4n) is 6.91. The number of allylic oxidation sites excluding steroid dienone is 2. The van der Waals surface area contributed by atoms with Gasteiger partial charge in [-0.2, -0.15) is 0 Å². The Hall–Kier alpha value is -4.93. The Balaban J connectivity index is 0.000000136. The third kappa shape index (κ3) is 9.51. The number of carbonyl (C=O) groups excluding carboxylic acids is 2. The zero-order valence-corrected chi connectivity index (χ0v) is 34.8. The van der Waals surface area contributed by atoms with Crippen molar-refractivity contribution >= 4 is 48.1 Å². The number of halogens is 1. The van der Waals surface area contributed by atoms with E-state index >= 15 is 0 Å². The maximum atomic E-state index is 12.7. The van der Waals surface area contributed by atoms with Gasteiger partial charge in [-0.3, -0.25) is 29.5 Å². The summed E-state index contributed by atoms with van der Waals surface area (Å²) in [5.41, 5.74) is 7.20. The molecule has 4 aromatic heterocycles. The molecule has 2 aliphatic carbocycles. The monoisotopic (exact) mass is 804 g/mol. The second-order valence-corrected chi connectivity index (χ2v) is 16.5. The van der Waals surface area contributed by atoms with Gasteiger partial charge in [0.25, 0.3) is 11.8 Å². The van der Waals surface area contributed by atoms with Gasteiger partial charge in [0.1, 0.15) is 16.5 Å². The SMILES string of the molecule is CC1(C)OB(c2cnc3c(c2)C=CC3)OC1(C)C.CN1CCN(C(=O)c2cncc(-c3cnc4c(c3)C=CC4)n2)CC1.CN1CCN(C(=O)c2cncc(Cl)n2)CC1. The van der Waals surface area contributed by atoms with Crippen molar-refractivity contribution in [1.82, 2.24) is 49.5 Å². The average Bonchev–Trinajstić information content (AvgIpc) is 3.95. The molecule has 302 valence electrons. The number of fused-ring (bicyclic) bond motifs is 2. The average molecular weight is 805 g/mol. The van der Waals surface area contributed by atoms with E-state index in [4.69, 9.17) is 20.9 Å². The summed E-state index contributed by atoms with van der Waals surface area (Å²) in [5, 5.41) is 0.250. The summed E-state index contributed by atoms with van der Waals surface area (Å²) < 4.78 is 12.0. The van der Waals surface area contributed by atoms with Crippen molar-refractivity contribution in [3.05, 3.63) is 101 Å². The van der Waals surface area contributed by atoms with Gasteiger partial charge in [0.2, 0.25) is 0 Å². The molecule has 0 bridgehead atoms. The molecular formula is C42H50BClN10O4. The minimum atomic E-state index is -0.318. The quantitative estimate of drug-likeness (QED) is 0.276. The number of aromatic nitrogens is 6. The zero-order valence-electron chi connectivity index (χ0n) is 34.1. The number of piperazine rings is 2. The van der Waals surface area contributed by atoms with Crippen molar-refractivity contribution in [2.45, 2.75) is 51.7 Å². The van der Waals surface area contributed by atoms with Gasteiger partial charge in [0.05, 0.1) is 53.1 Å². The van der Waals surface area contributed by atoms with Crippen LogP contribution in [0.1, 0.15) is 71.2 Å². The lowest BCUT2D eigenvalue weighted by atomic mass is 9.79. The van der Waals surface area contributed by atoms with Crippen LogP contribution in [0.25, 0.3) is 23.4 Å². The van der Waals surface area contributed by atoms with Crippen LogP contribution in [0.3, 0.4) is 0 Å². The fourth-order valence-corrected chi connectivity index (χ4v) is 7.05. The van der Waals surface area contributed by atoms with Crippen LogP contribution in [-0.4, -0.2) is 146 Å². The number of nitrogens with zero attached hydrogens (tertiary/aromatic N) is 10. The van der Waals surface area contributed by atoms with Gasteiger partial charge < -0.3 is 28.9 Å². The van der Waals surface area contributed by atoms with Gasteiger partial charge in [-0.05, 0) is 59.0 Å². The van der Waals surface area contributed by atoms with E-state index in [1.165, 1.54) is 18.0 Å². The highest BCUT2D eigenvalue weighted by atomic mass is 35.5. The highest BCUT2D eigenvalue weighted by Crippen LogP contribution is 2.36. The van der Waals surface area contributed by atoms with Crippen LogP contribution in [-0.2, 0) is 22.2 Å². The first-order chi connectivity index (χ1) is 27.8. The van der Waals surface area contributed by atoms with Gasteiger partial charge in [0.15, 0.2) is 0 Å². The minimum absolute atomic E-state index is 0.0496. The van der Waals surface area contributed by atoms with Gasteiger partial charge in [0, 0.05) is 88.6 Å². The number of pyridine rings is 2. The lowest BCUT2D eigenvalue weighted by Gasteiger charge is -2.32. The summed E-state index contributed by atoms with van der Waals surface area (Å²) in [7, 11) is 3.79. The Morgan fingerprint density at radius 3 is 1.71 bits per heavy atom. The van der Waals surface area contributed by atoms with Crippen molar-refractivity contribution in [3.63, 3.8) is 0 Å². The fraction of sp³-hybridized carbons (Fsp3) is 0.429. The highest BCUT2D eigenvalue weighted by molar-refractivity contribution is 6.62. The van der Waals surface area contributed by atoms with E-state index in [1.54, 1.807) is 23.5 Å². The first-order valence-corrected chi connectivity index (χ1v) is 20.1. The molecule has 3 aliphatic heterocycles. The number of hydrogen-bond acceptors (Lipinski definition) is 12. The minimum Gasteiger partial charge on any atom is -0.399 e. The van der Waals surface area contributed by atoms with Gasteiger partial charge in [-0.25, -0.2) is 9.97 Å². The number of likely N-dealkylation sites (N-methyl/N-ethyl adjacent to an activating group) is 2. The standard InChI is InChI=1S/C18H19N5O.C14H18BNO2.C10H13ClN4O/c1-22-5-7-23(8-6-22)18(24)17-12-19-11-16(21-17)14-9-13-3-2-4-15(13)20-10-14;1-13(2)14(3,4)18-15(17-13)11-8-10-6-5-7-12(10)16-9-11;1-14-2-4-15(5-3-14)10(16)8-6-12-7-9(11)13-8/h2-3,9-12H,4-8H2,1H3;5-6,8-9H,7H2,1-4H3;6-7H,2-5H2,1H3. The van der Waals surface area contributed by atoms with Crippen molar-refractivity contribution in [3.8, 4) is 11.3 Å². The summed E-state index contributed by atoms with van der Waals surface area (Å²) in [6, 6.07) is 4.17. The van der Waals surface area contributed by atoms with E-state index < -0.39 is 0 Å². The van der Waals surface area contributed by atoms with E-state index in [2.05, 4.69) is 111 Å². The molecule has 58 heavy (non-hydrogen) atoms. The molecule has 0 spiro atoms. The number of amides is 2. The maximum absolute atomic E-state index is 12.7. The predicted octanol–water partition coefficient (Wildman–Crippen LogP) is 3.96. The molecule has 0 unspecified atom stereocenters. The molecule has 3 saturated heterocycles. The van der Waals surface area contributed by atoms with Gasteiger partial charge >= 0.3 is 7.12 Å². The van der Waals surface area contributed by atoms with Crippen LogP contribution in [0.5, 0.6) is 0 Å². The number of hydrogen-bond donors (Lipinski definition) is 0. The lowest BCUT2D eigenvalue weighted by molar-refractivity contribution is 0.00578. The van der Waals surface area contributed by atoms with Crippen molar-refractivity contribution in [1.29, 1.82) is 0 Å². The molecule has 0 radical (unpaired) electrons. The molecule has 0 atom stereocenters. The zero-order chi connectivity index (χ0) is 41.0. The van der Waals surface area contributed by atoms with E-state index in [0.29, 0.717) is 17.1 Å². The van der Waals surface area contributed by atoms with Crippen molar-refractivity contribution in [2.75, 3.05) is 66.5 Å². The van der Waals surface area contributed by atoms with Crippen LogP contribution in [0.15, 0.2) is 61.5 Å². The topological polar surface area (TPSA) is 143 Å². The molecule has 4 aromatic rings. The van der Waals surface area contributed by atoms with Gasteiger partial charge in [-0.1, -0.05) is 42.0 Å². The molecule has 14 nitrogen and oxygen atoms in total. The second kappa shape index (κ2) is 17.5. The normalized spacial score (nSPS) is 19.2. The van der Waals surface area contributed by atoms with E-state index in [-0.39, 0.29) is 35.3 Å². The largest absolute Gasteiger partial charge is 0.496 e. The van der Waals surface area contributed by atoms with Crippen LogP contribution in [0.4, 0.5) is 0 Å². The molecule has 9 rings (SSSR count). The highest BCUT2D eigenvalue weighted by Gasteiger charge is 2.52. The summed E-state index contributed by atoms with van der Waals surface area (Å²) in [5.74, 6) is -0.144. The van der Waals surface area contributed by atoms with E-state index in [1.807, 2.05) is 18.1 Å². The smallest absolute Gasteiger partial charge is 0.399 e.